The third-order valence-corrected chi connectivity index (χ3v) is 3.29. The van der Waals surface area contributed by atoms with Crippen molar-refractivity contribution in [2.45, 2.75) is 0 Å². The topological polar surface area (TPSA) is 41.8 Å². The number of benzene rings is 2. The molecule has 0 bridgehead atoms. The van der Waals surface area contributed by atoms with Crippen LogP contribution in [-0.4, -0.2) is 9.97 Å². The summed E-state index contributed by atoms with van der Waals surface area (Å²) in [5, 5.41) is 0.990. The van der Waals surface area contributed by atoms with Crippen molar-refractivity contribution in [3.63, 3.8) is 0 Å². The average Bonchev–Trinajstić information content (AvgIpc) is 3.02. The molecule has 0 amide bonds. The van der Waals surface area contributed by atoms with E-state index in [2.05, 4.69) is 9.97 Å². The SMILES string of the molecule is Fc1ccc2c(-c3ccc4ocnc4c3)c[nH]c2c1. The highest BCUT2D eigenvalue weighted by atomic mass is 19.1. The van der Waals surface area contributed by atoms with Gasteiger partial charge in [0.15, 0.2) is 12.0 Å². The summed E-state index contributed by atoms with van der Waals surface area (Å²) >= 11 is 0. The van der Waals surface area contributed by atoms with Crippen LogP contribution in [-0.2, 0) is 0 Å². The molecule has 4 aromatic rings. The van der Waals surface area contributed by atoms with Crippen LogP contribution in [0.15, 0.2) is 53.4 Å². The maximum atomic E-state index is 13.2. The Morgan fingerprint density at radius 1 is 1.11 bits per heavy atom. The van der Waals surface area contributed by atoms with Gasteiger partial charge in [-0.25, -0.2) is 9.37 Å². The number of hydrogen-bond acceptors (Lipinski definition) is 2. The normalized spacial score (nSPS) is 11.4. The first-order valence-electron chi connectivity index (χ1n) is 5.91. The van der Waals surface area contributed by atoms with Crippen molar-refractivity contribution in [1.29, 1.82) is 0 Å². The number of hydrogen-bond donors (Lipinski definition) is 1. The van der Waals surface area contributed by atoms with Gasteiger partial charge in [-0.2, -0.15) is 0 Å². The third-order valence-electron chi connectivity index (χ3n) is 3.29. The molecule has 0 aliphatic carbocycles. The molecule has 0 saturated carbocycles. The second kappa shape index (κ2) is 3.68. The number of halogens is 1. The summed E-state index contributed by atoms with van der Waals surface area (Å²) in [5.74, 6) is -0.243. The maximum Gasteiger partial charge on any atom is 0.181 e. The number of fused-ring (bicyclic) bond motifs is 2. The van der Waals surface area contributed by atoms with Crippen molar-refractivity contribution in [3.8, 4) is 11.1 Å². The van der Waals surface area contributed by atoms with Gasteiger partial charge in [0.2, 0.25) is 0 Å². The molecule has 4 heteroatoms. The molecular weight excluding hydrogens is 243 g/mol. The van der Waals surface area contributed by atoms with E-state index in [1.54, 1.807) is 6.07 Å². The van der Waals surface area contributed by atoms with Crippen molar-refractivity contribution < 1.29 is 8.81 Å². The summed E-state index contributed by atoms with van der Waals surface area (Å²) in [7, 11) is 0. The molecule has 2 aromatic carbocycles. The molecule has 0 atom stereocenters. The number of H-pyrrole nitrogens is 1. The lowest BCUT2D eigenvalue weighted by Crippen LogP contribution is -1.77. The Kier molecular flexibility index (Phi) is 2.00. The summed E-state index contributed by atoms with van der Waals surface area (Å²) in [6, 6.07) is 10.6. The van der Waals surface area contributed by atoms with Crippen LogP contribution in [0.25, 0.3) is 33.1 Å². The minimum Gasteiger partial charge on any atom is -0.443 e. The molecule has 3 nitrogen and oxygen atoms in total. The summed E-state index contributed by atoms with van der Waals surface area (Å²) < 4.78 is 18.4. The van der Waals surface area contributed by atoms with Crippen LogP contribution in [0.5, 0.6) is 0 Å². The monoisotopic (exact) mass is 252 g/mol. The lowest BCUT2D eigenvalue weighted by molar-refractivity contribution is 0.602. The van der Waals surface area contributed by atoms with Gasteiger partial charge in [0.05, 0.1) is 0 Å². The Morgan fingerprint density at radius 2 is 2.05 bits per heavy atom. The first-order chi connectivity index (χ1) is 9.31. The Balaban J connectivity index is 1.97. The lowest BCUT2D eigenvalue weighted by Gasteiger charge is -1.99. The highest BCUT2D eigenvalue weighted by Crippen LogP contribution is 2.30. The minimum absolute atomic E-state index is 0.243. The van der Waals surface area contributed by atoms with E-state index < -0.39 is 0 Å². The van der Waals surface area contributed by atoms with Gasteiger partial charge in [-0.05, 0) is 35.9 Å². The number of rotatable bonds is 1. The molecule has 2 heterocycles. The number of aromatic amines is 1. The molecule has 19 heavy (non-hydrogen) atoms. The molecule has 0 fully saturated rings. The fraction of sp³-hybridized carbons (Fsp3) is 0. The van der Waals surface area contributed by atoms with Crippen LogP contribution in [0.3, 0.4) is 0 Å². The van der Waals surface area contributed by atoms with Crippen molar-refractivity contribution in [2.24, 2.45) is 0 Å². The molecule has 0 aliphatic heterocycles. The van der Waals surface area contributed by atoms with Gasteiger partial charge in [0, 0.05) is 22.7 Å². The molecular formula is C15H9FN2O. The minimum atomic E-state index is -0.243. The van der Waals surface area contributed by atoms with Crippen LogP contribution in [0.1, 0.15) is 0 Å². The highest BCUT2D eigenvalue weighted by molar-refractivity contribution is 5.97. The molecule has 4 rings (SSSR count). The zero-order valence-electron chi connectivity index (χ0n) is 9.85. The van der Waals surface area contributed by atoms with Gasteiger partial charge >= 0.3 is 0 Å². The van der Waals surface area contributed by atoms with Crippen molar-refractivity contribution >= 4 is 22.0 Å². The van der Waals surface area contributed by atoms with Gasteiger partial charge in [-0.3, -0.25) is 0 Å². The van der Waals surface area contributed by atoms with Crippen molar-refractivity contribution in [2.75, 3.05) is 0 Å². The maximum absolute atomic E-state index is 13.2. The predicted octanol–water partition coefficient (Wildman–Crippen LogP) is 4.12. The quantitative estimate of drug-likeness (QED) is 0.553. The van der Waals surface area contributed by atoms with E-state index in [1.165, 1.54) is 18.5 Å². The van der Waals surface area contributed by atoms with E-state index >= 15 is 0 Å². The van der Waals surface area contributed by atoms with Gasteiger partial charge in [-0.1, -0.05) is 6.07 Å². The number of nitrogens with zero attached hydrogens (tertiary/aromatic N) is 1. The van der Waals surface area contributed by atoms with Crippen molar-refractivity contribution in [3.05, 3.63) is 54.8 Å². The van der Waals surface area contributed by atoms with Crippen molar-refractivity contribution in [1.82, 2.24) is 9.97 Å². The summed E-state index contributed by atoms with van der Waals surface area (Å²) in [6.45, 7) is 0. The van der Waals surface area contributed by atoms with E-state index in [1.807, 2.05) is 24.4 Å². The highest BCUT2D eigenvalue weighted by Gasteiger charge is 2.08. The predicted molar refractivity (Wildman–Crippen MR) is 71.3 cm³/mol. The molecule has 0 unspecified atom stereocenters. The summed E-state index contributed by atoms with van der Waals surface area (Å²) in [5.41, 5.74) is 4.41. The van der Waals surface area contributed by atoms with Crippen LogP contribution in [0.4, 0.5) is 4.39 Å². The van der Waals surface area contributed by atoms with Gasteiger partial charge in [0.25, 0.3) is 0 Å². The molecule has 0 saturated heterocycles. The number of aromatic nitrogens is 2. The van der Waals surface area contributed by atoms with E-state index in [4.69, 9.17) is 4.42 Å². The molecule has 1 N–H and O–H groups in total. The molecule has 2 aromatic heterocycles. The molecule has 0 radical (unpaired) electrons. The van der Waals surface area contributed by atoms with E-state index in [9.17, 15) is 4.39 Å². The van der Waals surface area contributed by atoms with E-state index in [-0.39, 0.29) is 5.82 Å². The van der Waals surface area contributed by atoms with Gasteiger partial charge in [0.1, 0.15) is 11.3 Å². The Hall–Kier alpha value is -2.62. The van der Waals surface area contributed by atoms with E-state index in [0.29, 0.717) is 0 Å². The first kappa shape index (κ1) is 10.3. The zero-order chi connectivity index (χ0) is 12.8. The van der Waals surface area contributed by atoms with Crippen LogP contribution >= 0.6 is 0 Å². The largest absolute Gasteiger partial charge is 0.443 e. The van der Waals surface area contributed by atoms with Crippen LogP contribution in [0.2, 0.25) is 0 Å². The Labute approximate surface area is 107 Å². The number of oxazole rings is 1. The fourth-order valence-electron chi connectivity index (χ4n) is 2.36. The van der Waals surface area contributed by atoms with Gasteiger partial charge in [-0.15, -0.1) is 0 Å². The van der Waals surface area contributed by atoms with E-state index in [0.717, 1.165) is 33.1 Å². The second-order valence-electron chi connectivity index (χ2n) is 4.43. The lowest BCUT2D eigenvalue weighted by atomic mass is 10.0. The number of nitrogens with one attached hydrogen (secondary N) is 1. The van der Waals surface area contributed by atoms with Crippen LogP contribution in [0, 0.1) is 5.82 Å². The Morgan fingerprint density at radius 3 is 3.00 bits per heavy atom. The average molecular weight is 252 g/mol. The van der Waals surface area contributed by atoms with Gasteiger partial charge < -0.3 is 9.40 Å². The molecule has 0 spiro atoms. The third kappa shape index (κ3) is 1.53. The Bertz CT molecular complexity index is 891. The standard InChI is InChI=1S/C15H9FN2O/c16-10-2-3-11-12(7-17-13(11)6-10)9-1-4-15-14(5-9)18-8-19-15/h1-8,17H. The summed E-state index contributed by atoms with van der Waals surface area (Å²) in [4.78, 5) is 7.23. The fourth-order valence-corrected chi connectivity index (χ4v) is 2.36. The molecule has 0 aliphatic rings. The van der Waals surface area contributed by atoms with Crippen LogP contribution < -0.4 is 0 Å². The molecule has 92 valence electrons. The summed E-state index contributed by atoms with van der Waals surface area (Å²) in [6.07, 6.45) is 3.31. The first-order valence-corrected chi connectivity index (χ1v) is 5.91. The zero-order valence-corrected chi connectivity index (χ0v) is 9.85. The second-order valence-corrected chi connectivity index (χ2v) is 4.43. The smallest absolute Gasteiger partial charge is 0.181 e.